The van der Waals surface area contributed by atoms with Gasteiger partial charge in [-0.1, -0.05) is 112 Å². The lowest BCUT2D eigenvalue weighted by molar-refractivity contribution is -0.173. The monoisotopic (exact) mass is 623 g/mol. The summed E-state index contributed by atoms with van der Waals surface area (Å²) in [7, 11) is -2.82. The van der Waals surface area contributed by atoms with Crippen molar-refractivity contribution in [2.45, 2.75) is 95.5 Å². The van der Waals surface area contributed by atoms with Gasteiger partial charge in [0.15, 0.2) is 5.41 Å². The lowest BCUT2D eigenvalue weighted by Crippen LogP contribution is -2.62. The molecule has 1 amide bonds. The highest BCUT2D eigenvalue weighted by atomic mass is 32.2. The average Bonchev–Trinajstić information content (AvgIpc) is 3.04. The minimum atomic E-state index is -4.12. The standard InChI is InChI=1S/C36H49NO6S/c1-29-21-23-32(24-22-29)44(40,41)37-27-31-19-13-14-20-33(31)36(34(37)38,35(39)42-2)25-15-8-6-4-3-5-7-9-16-26-43-28-30-17-11-10-12-18-30/h10-14,17-18,21-24,31,33H,3-9,15-16,19-20,25-28H2,1-2H3/t31-,33-,36-/m1/s1. The number of allylic oxidation sites excluding steroid dienone is 2. The molecular formula is C36H49NO6S. The largest absolute Gasteiger partial charge is 0.468 e. The van der Waals surface area contributed by atoms with Crippen LogP contribution in [0.25, 0.3) is 0 Å². The topological polar surface area (TPSA) is 90.0 Å². The summed E-state index contributed by atoms with van der Waals surface area (Å²) in [6.45, 7) is 3.43. The molecule has 1 aliphatic heterocycles. The van der Waals surface area contributed by atoms with E-state index < -0.39 is 27.3 Å². The molecule has 8 heteroatoms. The average molecular weight is 624 g/mol. The molecule has 7 nitrogen and oxygen atoms in total. The van der Waals surface area contributed by atoms with Crippen LogP contribution >= 0.6 is 0 Å². The summed E-state index contributed by atoms with van der Waals surface area (Å²) in [6.07, 6.45) is 15.0. The predicted octanol–water partition coefficient (Wildman–Crippen LogP) is 7.39. The van der Waals surface area contributed by atoms with Crippen LogP contribution in [-0.2, 0) is 35.7 Å². The minimum Gasteiger partial charge on any atom is -0.468 e. The van der Waals surface area contributed by atoms with Crippen LogP contribution in [0.3, 0.4) is 0 Å². The number of benzene rings is 2. The van der Waals surface area contributed by atoms with Crippen molar-refractivity contribution < 1.29 is 27.5 Å². The molecule has 2 aromatic carbocycles. The van der Waals surface area contributed by atoms with Crippen molar-refractivity contribution in [2.24, 2.45) is 17.3 Å². The van der Waals surface area contributed by atoms with Gasteiger partial charge in [0.2, 0.25) is 0 Å². The molecule has 0 spiro atoms. The third kappa shape index (κ3) is 8.19. The predicted molar refractivity (Wildman–Crippen MR) is 172 cm³/mol. The summed E-state index contributed by atoms with van der Waals surface area (Å²) < 4.78 is 39.5. The van der Waals surface area contributed by atoms with Gasteiger partial charge in [0.1, 0.15) is 0 Å². The van der Waals surface area contributed by atoms with Gasteiger partial charge in [-0.3, -0.25) is 9.59 Å². The summed E-state index contributed by atoms with van der Waals surface area (Å²) in [4.78, 5) is 27.8. The van der Waals surface area contributed by atoms with E-state index in [1.54, 1.807) is 12.1 Å². The molecule has 0 bridgehead atoms. The number of methoxy groups -OCH3 is 1. The lowest BCUT2D eigenvalue weighted by Gasteiger charge is -2.49. The molecular weight excluding hydrogens is 574 g/mol. The van der Waals surface area contributed by atoms with E-state index in [2.05, 4.69) is 12.1 Å². The van der Waals surface area contributed by atoms with Crippen LogP contribution in [-0.4, -0.2) is 44.9 Å². The zero-order valence-electron chi connectivity index (χ0n) is 26.4. The Morgan fingerprint density at radius 2 is 1.48 bits per heavy atom. The molecule has 2 aliphatic rings. The van der Waals surface area contributed by atoms with Gasteiger partial charge in [0, 0.05) is 13.2 Å². The molecule has 0 aromatic heterocycles. The van der Waals surface area contributed by atoms with Crippen molar-refractivity contribution >= 4 is 21.9 Å². The van der Waals surface area contributed by atoms with E-state index in [1.807, 2.05) is 37.3 Å². The van der Waals surface area contributed by atoms with Gasteiger partial charge in [-0.05, 0) is 62.1 Å². The van der Waals surface area contributed by atoms with Crippen LogP contribution in [0.1, 0.15) is 88.2 Å². The van der Waals surface area contributed by atoms with Crippen molar-refractivity contribution in [3.63, 3.8) is 0 Å². The molecule has 0 radical (unpaired) electrons. The Labute approximate surface area is 264 Å². The fourth-order valence-corrected chi connectivity index (χ4v) is 8.33. The lowest BCUT2D eigenvalue weighted by atomic mass is 9.60. The van der Waals surface area contributed by atoms with E-state index in [0.717, 1.165) is 55.0 Å². The molecule has 1 aliphatic carbocycles. The first kappa shape index (κ1) is 33.9. The highest BCUT2D eigenvalue weighted by molar-refractivity contribution is 7.89. The molecule has 240 valence electrons. The molecule has 0 saturated carbocycles. The van der Waals surface area contributed by atoms with Gasteiger partial charge in [-0.25, -0.2) is 12.7 Å². The number of ether oxygens (including phenoxy) is 2. The Bertz CT molecular complexity index is 1340. The summed E-state index contributed by atoms with van der Waals surface area (Å²) in [5.41, 5.74) is 0.639. The number of esters is 1. The molecule has 1 saturated heterocycles. The maximum atomic E-state index is 14.2. The number of hydrogen-bond donors (Lipinski definition) is 0. The zero-order valence-corrected chi connectivity index (χ0v) is 27.2. The van der Waals surface area contributed by atoms with Gasteiger partial charge >= 0.3 is 5.97 Å². The SMILES string of the molecule is COC(=O)[C@@]1(CCCCCCCCCCCOCc2ccccc2)C(=O)N(S(=O)(=O)c2ccc(C)cc2)C[C@H]2CC=CC[C@H]21. The Morgan fingerprint density at radius 3 is 2.14 bits per heavy atom. The Morgan fingerprint density at radius 1 is 0.864 bits per heavy atom. The van der Waals surface area contributed by atoms with Crippen molar-refractivity contribution in [1.29, 1.82) is 0 Å². The van der Waals surface area contributed by atoms with Crippen LogP contribution in [0, 0.1) is 24.2 Å². The van der Waals surface area contributed by atoms with Gasteiger partial charge in [0.25, 0.3) is 15.9 Å². The fourth-order valence-electron chi connectivity index (χ4n) is 6.82. The quantitative estimate of drug-likeness (QED) is 0.0790. The van der Waals surface area contributed by atoms with Crippen LogP contribution in [0.15, 0.2) is 71.6 Å². The Hall–Kier alpha value is -2.97. The number of amides is 1. The van der Waals surface area contributed by atoms with E-state index in [-0.39, 0.29) is 23.3 Å². The smallest absolute Gasteiger partial charge is 0.321 e. The molecule has 0 N–H and O–H groups in total. The number of rotatable bonds is 17. The summed E-state index contributed by atoms with van der Waals surface area (Å²) in [5.74, 6) is -1.63. The van der Waals surface area contributed by atoms with Crippen molar-refractivity contribution in [2.75, 3.05) is 20.3 Å². The van der Waals surface area contributed by atoms with E-state index in [0.29, 0.717) is 32.3 Å². The zero-order chi connectivity index (χ0) is 31.4. The second kappa shape index (κ2) is 16.4. The first-order valence-corrected chi connectivity index (χ1v) is 17.7. The molecule has 4 rings (SSSR count). The molecule has 1 heterocycles. The summed E-state index contributed by atoms with van der Waals surface area (Å²) in [5, 5.41) is 0. The third-order valence-corrected chi connectivity index (χ3v) is 11.1. The first-order valence-electron chi connectivity index (χ1n) is 16.3. The Kier molecular flexibility index (Phi) is 12.6. The molecule has 1 fully saturated rings. The number of carbonyl (C=O) groups excluding carboxylic acids is 2. The van der Waals surface area contributed by atoms with Gasteiger partial charge < -0.3 is 9.47 Å². The van der Waals surface area contributed by atoms with Gasteiger partial charge in [0.05, 0.1) is 18.6 Å². The maximum absolute atomic E-state index is 14.2. The van der Waals surface area contributed by atoms with E-state index in [1.165, 1.54) is 37.6 Å². The highest BCUT2D eigenvalue weighted by Crippen LogP contribution is 2.50. The second-order valence-corrected chi connectivity index (χ2v) is 14.3. The Balaban J connectivity index is 1.27. The number of nitrogens with zero attached hydrogens (tertiary/aromatic N) is 1. The number of aryl methyl sites for hydroxylation is 1. The molecule has 3 atom stereocenters. The second-order valence-electron chi connectivity index (χ2n) is 12.4. The minimum absolute atomic E-state index is 0.0692. The third-order valence-electron chi connectivity index (χ3n) is 9.34. The maximum Gasteiger partial charge on any atom is 0.321 e. The van der Waals surface area contributed by atoms with Gasteiger partial charge in [-0.2, -0.15) is 0 Å². The normalized spacial score (nSPS) is 21.7. The number of sulfonamides is 1. The summed E-state index contributed by atoms with van der Waals surface area (Å²) in [6, 6.07) is 16.8. The fraction of sp³-hybridized carbons (Fsp3) is 0.556. The van der Waals surface area contributed by atoms with E-state index in [4.69, 9.17) is 9.47 Å². The van der Waals surface area contributed by atoms with Crippen LogP contribution < -0.4 is 0 Å². The number of unbranched alkanes of at least 4 members (excludes halogenated alkanes) is 8. The van der Waals surface area contributed by atoms with Crippen LogP contribution in [0.4, 0.5) is 0 Å². The van der Waals surface area contributed by atoms with Crippen molar-refractivity contribution in [3.05, 3.63) is 77.9 Å². The molecule has 0 unspecified atom stereocenters. The van der Waals surface area contributed by atoms with E-state index in [9.17, 15) is 18.0 Å². The molecule has 44 heavy (non-hydrogen) atoms. The van der Waals surface area contributed by atoms with Crippen LogP contribution in [0.2, 0.25) is 0 Å². The van der Waals surface area contributed by atoms with Crippen molar-refractivity contribution in [1.82, 2.24) is 4.31 Å². The highest BCUT2D eigenvalue weighted by Gasteiger charge is 2.61. The number of piperidine rings is 1. The summed E-state index contributed by atoms with van der Waals surface area (Å²) >= 11 is 0. The number of hydrogen-bond acceptors (Lipinski definition) is 6. The first-order chi connectivity index (χ1) is 21.3. The number of fused-ring (bicyclic) bond motifs is 1. The number of carbonyl (C=O) groups is 2. The van der Waals surface area contributed by atoms with E-state index >= 15 is 0 Å². The van der Waals surface area contributed by atoms with Crippen molar-refractivity contribution in [3.8, 4) is 0 Å². The molecule has 2 aromatic rings. The van der Waals surface area contributed by atoms with Crippen LogP contribution in [0.5, 0.6) is 0 Å². The van der Waals surface area contributed by atoms with Gasteiger partial charge in [-0.15, -0.1) is 0 Å².